The zero-order chi connectivity index (χ0) is 20.2. The summed E-state index contributed by atoms with van der Waals surface area (Å²) >= 11 is 1.65. The van der Waals surface area contributed by atoms with Crippen LogP contribution in [-0.4, -0.2) is 46.3 Å². The number of aromatic amines is 1. The minimum absolute atomic E-state index is 0.101. The summed E-state index contributed by atoms with van der Waals surface area (Å²) in [5, 5.41) is 0.543. The molecule has 0 unspecified atom stereocenters. The van der Waals surface area contributed by atoms with Crippen LogP contribution in [-0.2, 0) is 11.3 Å². The van der Waals surface area contributed by atoms with Gasteiger partial charge in [-0.1, -0.05) is 24.3 Å². The molecular weight excluding hydrogens is 386 g/mol. The number of amides is 1. The first kappa shape index (κ1) is 19.7. The molecular formula is C22H23N3O3S. The third-order valence-electron chi connectivity index (χ3n) is 4.96. The third kappa shape index (κ3) is 4.52. The Morgan fingerprint density at radius 2 is 2.03 bits per heavy atom. The molecule has 1 aliphatic rings. The average Bonchev–Trinajstić information content (AvgIpc) is 3.25. The second-order valence-corrected chi connectivity index (χ2v) is 8.20. The predicted molar refractivity (Wildman–Crippen MR) is 114 cm³/mol. The molecule has 6 nitrogen and oxygen atoms in total. The highest BCUT2D eigenvalue weighted by Gasteiger charge is 2.20. The highest BCUT2D eigenvalue weighted by atomic mass is 32.2. The number of rotatable bonds is 6. The van der Waals surface area contributed by atoms with Gasteiger partial charge in [0.15, 0.2) is 0 Å². The number of nitrogens with zero attached hydrogens (tertiary/aromatic N) is 2. The van der Waals surface area contributed by atoms with Crippen molar-refractivity contribution in [2.24, 2.45) is 0 Å². The van der Waals surface area contributed by atoms with E-state index in [9.17, 15) is 9.59 Å². The van der Waals surface area contributed by atoms with Crippen molar-refractivity contribution in [2.75, 3.05) is 19.4 Å². The molecule has 4 rings (SSSR count). The largest absolute Gasteiger partial charge is 0.377 e. The highest BCUT2D eigenvalue weighted by Crippen LogP contribution is 2.27. The summed E-state index contributed by atoms with van der Waals surface area (Å²) < 4.78 is 5.69. The smallest absolute Gasteiger partial charge is 0.258 e. The van der Waals surface area contributed by atoms with Gasteiger partial charge in [0.2, 0.25) is 0 Å². The van der Waals surface area contributed by atoms with E-state index in [1.165, 1.54) is 0 Å². The standard InChI is InChI=1S/C22H23N3O3S/c1-25(13-20-23-18-10-4-2-8-16(18)21(26)24-20)22(27)17-9-3-5-11-19(17)29-14-15-7-6-12-28-15/h2-5,8-11,15H,6-7,12-14H2,1H3,(H,23,24,26)/t15-/m0/s1. The van der Waals surface area contributed by atoms with Gasteiger partial charge in [0, 0.05) is 24.3 Å². The van der Waals surface area contributed by atoms with Crippen molar-refractivity contribution in [3.05, 3.63) is 70.3 Å². The van der Waals surface area contributed by atoms with Gasteiger partial charge in [-0.2, -0.15) is 0 Å². The van der Waals surface area contributed by atoms with Crippen molar-refractivity contribution in [1.29, 1.82) is 0 Å². The number of nitrogens with one attached hydrogen (secondary N) is 1. The molecule has 150 valence electrons. The monoisotopic (exact) mass is 409 g/mol. The zero-order valence-electron chi connectivity index (χ0n) is 16.3. The second kappa shape index (κ2) is 8.80. The van der Waals surface area contributed by atoms with Crippen LogP contribution in [0.25, 0.3) is 10.9 Å². The predicted octanol–water partition coefficient (Wildman–Crippen LogP) is 3.47. The van der Waals surface area contributed by atoms with Crippen LogP contribution >= 0.6 is 11.8 Å². The summed E-state index contributed by atoms with van der Waals surface area (Å²) in [5.41, 5.74) is 1.08. The maximum absolute atomic E-state index is 13.1. The van der Waals surface area contributed by atoms with Crippen molar-refractivity contribution in [1.82, 2.24) is 14.9 Å². The number of ether oxygens (including phenoxy) is 1. The Balaban J connectivity index is 1.50. The maximum atomic E-state index is 13.1. The van der Waals surface area contributed by atoms with Crippen LogP contribution in [0, 0.1) is 0 Å². The first-order valence-corrected chi connectivity index (χ1v) is 10.7. The molecule has 1 N–H and O–H groups in total. The van der Waals surface area contributed by atoms with Gasteiger partial charge in [-0.3, -0.25) is 9.59 Å². The number of benzene rings is 2. The summed E-state index contributed by atoms with van der Waals surface area (Å²) in [5.74, 6) is 1.21. The van der Waals surface area contributed by atoms with Gasteiger partial charge in [0.1, 0.15) is 5.82 Å². The van der Waals surface area contributed by atoms with Gasteiger partial charge < -0.3 is 14.6 Å². The fourth-order valence-corrected chi connectivity index (χ4v) is 4.55. The number of fused-ring (bicyclic) bond motifs is 1. The van der Waals surface area contributed by atoms with Crippen molar-refractivity contribution < 1.29 is 9.53 Å². The van der Waals surface area contributed by atoms with E-state index in [0.717, 1.165) is 30.1 Å². The summed E-state index contributed by atoms with van der Waals surface area (Å²) in [7, 11) is 1.72. The number of carbonyl (C=O) groups excluding carboxylic acids is 1. The lowest BCUT2D eigenvalue weighted by molar-refractivity contribution is 0.0778. The Kier molecular flexibility index (Phi) is 5.97. The van der Waals surface area contributed by atoms with Crippen LogP contribution in [0.2, 0.25) is 0 Å². The summed E-state index contributed by atoms with van der Waals surface area (Å²) in [6.45, 7) is 1.05. The minimum Gasteiger partial charge on any atom is -0.377 e. The summed E-state index contributed by atoms with van der Waals surface area (Å²) in [6, 6.07) is 14.8. The van der Waals surface area contributed by atoms with Crippen LogP contribution in [0.4, 0.5) is 0 Å². The maximum Gasteiger partial charge on any atom is 0.258 e. The molecule has 0 saturated carbocycles. The topological polar surface area (TPSA) is 75.3 Å². The minimum atomic E-state index is -0.195. The van der Waals surface area contributed by atoms with E-state index in [-0.39, 0.29) is 24.1 Å². The summed E-state index contributed by atoms with van der Waals surface area (Å²) in [4.78, 5) is 35.1. The number of carbonyl (C=O) groups is 1. The van der Waals surface area contributed by atoms with E-state index in [0.29, 0.717) is 22.3 Å². The SMILES string of the molecule is CN(Cc1nc2ccccc2c(=O)[nH]1)C(=O)c1ccccc1SC[C@@H]1CCCO1. The first-order chi connectivity index (χ1) is 14.1. The van der Waals surface area contributed by atoms with Gasteiger partial charge in [0.25, 0.3) is 11.5 Å². The Bertz CT molecular complexity index is 1080. The van der Waals surface area contributed by atoms with E-state index in [4.69, 9.17) is 4.74 Å². The lowest BCUT2D eigenvalue weighted by Gasteiger charge is -2.19. The molecule has 1 atom stereocenters. The Hall–Kier alpha value is -2.64. The lowest BCUT2D eigenvalue weighted by atomic mass is 10.2. The molecule has 2 heterocycles. The molecule has 1 amide bonds. The van der Waals surface area contributed by atoms with Crippen LogP contribution in [0.1, 0.15) is 29.0 Å². The molecule has 7 heteroatoms. The van der Waals surface area contributed by atoms with Crippen molar-refractivity contribution >= 4 is 28.6 Å². The van der Waals surface area contributed by atoms with Crippen molar-refractivity contribution in [2.45, 2.75) is 30.4 Å². The van der Waals surface area contributed by atoms with Gasteiger partial charge in [-0.25, -0.2) is 4.98 Å². The number of thioether (sulfide) groups is 1. The molecule has 0 bridgehead atoms. The van der Waals surface area contributed by atoms with Crippen molar-refractivity contribution in [3.63, 3.8) is 0 Å². The quantitative estimate of drug-likeness (QED) is 0.631. The summed E-state index contributed by atoms with van der Waals surface area (Å²) in [6.07, 6.45) is 2.43. The molecule has 0 radical (unpaired) electrons. The number of aromatic nitrogens is 2. The Morgan fingerprint density at radius 1 is 1.24 bits per heavy atom. The van der Waals surface area contributed by atoms with Gasteiger partial charge in [0.05, 0.1) is 29.1 Å². The molecule has 0 spiro atoms. The van der Waals surface area contributed by atoms with E-state index in [1.807, 2.05) is 30.3 Å². The van der Waals surface area contributed by atoms with Crippen LogP contribution in [0.5, 0.6) is 0 Å². The van der Waals surface area contributed by atoms with Crippen molar-refractivity contribution in [3.8, 4) is 0 Å². The van der Waals surface area contributed by atoms with Gasteiger partial charge in [-0.15, -0.1) is 11.8 Å². The lowest BCUT2D eigenvalue weighted by Crippen LogP contribution is -2.28. The molecule has 3 aromatic rings. The van der Waals surface area contributed by atoms with Crippen LogP contribution < -0.4 is 5.56 Å². The highest BCUT2D eigenvalue weighted by molar-refractivity contribution is 7.99. The molecule has 0 aliphatic carbocycles. The molecule has 29 heavy (non-hydrogen) atoms. The zero-order valence-corrected chi connectivity index (χ0v) is 17.1. The average molecular weight is 410 g/mol. The molecule has 1 fully saturated rings. The molecule has 1 saturated heterocycles. The van der Waals surface area contributed by atoms with E-state index in [2.05, 4.69) is 9.97 Å². The first-order valence-electron chi connectivity index (χ1n) is 9.68. The van der Waals surface area contributed by atoms with Gasteiger partial charge >= 0.3 is 0 Å². The van der Waals surface area contributed by atoms with E-state index < -0.39 is 0 Å². The van der Waals surface area contributed by atoms with Crippen LogP contribution in [0.3, 0.4) is 0 Å². The van der Waals surface area contributed by atoms with E-state index in [1.54, 1.807) is 41.9 Å². The number of H-pyrrole nitrogens is 1. The Labute approximate surface area is 173 Å². The Morgan fingerprint density at radius 3 is 2.86 bits per heavy atom. The number of hydrogen-bond donors (Lipinski definition) is 1. The molecule has 1 aromatic heterocycles. The molecule has 1 aliphatic heterocycles. The fraction of sp³-hybridized carbons (Fsp3) is 0.318. The normalized spacial score (nSPS) is 16.2. The molecule has 2 aromatic carbocycles. The van der Waals surface area contributed by atoms with Crippen LogP contribution in [0.15, 0.2) is 58.2 Å². The second-order valence-electron chi connectivity index (χ2n) is 7.13. The van der Waals surface area contributed by atoms with Gasteiger partial charge in [-0.05, 0) is 37.1 Å². The third-order valence-corrected chi connectivity index (χ3v) is 6.17. The number of hydrogen-bond acceptors (Lipinski definition) is 5. The van der Waals surface area contributed by atoms with E-state index >= 15 is 0 Å². The number of para-hydroxylation sites is 1. The fourth-order valence-electron chi connectivity index (χ4n) is 3.44.